The average Bonchev–Trinajstić information content (AvgIpc) is 3.03. The minimum atomic E-state index is 0.795. The van der Waals surface area contributed by atoms with Gasteiger partial charge in [-0.25, -0.2) is 0 Å². The number of aromatic nitrogens is 1. The summed E-state index contributed by atoms with van der Waals surface area (Å²) in [7, 11) is 0. The van der Waals surface area contributed by atoms with Crippen molar-refractivity contribution < 1.29 is 4.42 Å². The van der Waals surface area contributed by atoms with Crippen LogP contribution in [0.5, 0.6) is 0 Å². The minimum absolute atomic E-state index is 0.795. The maximum absolute atomic E-state index is 5.58. The van der Waals surface area contributed by atoms with E-state index in [9.17, 15) is 0 Å². The average molecular weight is 237 g/mol. The van der Waals surface area contributed by atoms with Gasteiger partial charge < -0.3 is 14.6 Å². The number of nitrogens with one attached hydrogen (secondary N) is 1. The zero-order valence-electron chi connectivity index (χ0n) is 10.9. The van der Waals surface area contributed by atoms with Gasteiger partial charge in [0.05, 0.1) is 5.69 Å². The van der Waals surface area contributed by atoms with Crippen molar-refractivity contribution in [2.24, 2.45) is 5.92 Å². The molecule has 0 aromatic carbocycles. The largest absolute Gasteiger partial charge is 0.432 e. The lowest BCUT2D eigenvalue weighted by molar-refractivity contribution is 0.522. The summed E-state index contributed by atoms with van der Waals surface area (Å²) in [6.07, 6.45) is 5.64. The molecule has 0 radical (unpaired) electrons. The highest BCUT2D eigenvalue weighted by atomic mass is 16.4. The number of nitrogens with zero attached hydrogens (tertiary/aromatic N) is 2. The van der Waals surface area contributed by atoms with E-state index in [2.05, 4.69) is 29.0 Å². The maximum atomic E-state index is 5.58. The van der Waals surface area contributed by atoms with Crippen LogP contribution < -0.4 is 10.2 Å². The summed E-state index contributed by atoms with van der Waals surface area (Å²) in [5.41, 5.74) is 0.999. The van der Waals surface area contributed by atoms with Crippen molar-refractivity contribution in [2.75, 3.05) is 24.5 Å². The molecule has 1 saturated carbocycles. The summed E-state index contributed by atoms with van der Waals surface area (Å²) in [5, 5.41) is 3.26. The second-order valence-corrected chi connectivity index (χ2v) is 4.79. The Kier molecular flexibility index (Phi) is 4.42. The first-order valence-electron chi connectivity index (χ1n) is 6.73. The summed E-state index contributed by atoms with van der Waals surface area (Å²) in [5.74, 6) is 0.866. The molecular formula is C13H23N3O. The molecule has 1 fully saturated rings. The van der Waals surface area contributed by atoms with E-state index in [1.54, 1.807) is 6.26 Å². The topological polar surface area (TPSA) is 41.3 Å². The van der Waals surface area contributed by atoms with Gasteiger partial charge in [-0.2, -0.15) is 4.98 Å². The van der Waals surface area contributed by atoms with Gasteiger partial charge in [0.1, 0.15) is 6.26 Å². The highest BCUT2D eigenvalue weighted by Crippen LogP contribution is 2.31. The second-order valence-electron chi connectivity index (χ2n) is 4.79. The molecule has 0 unspecified atom stereocenters. The first kappa shape index (κ1) is 12.4. The molecule has 0 bridgehead atoms. The van der Waals surface area contributed by atoms with Gasteiger partial charge in [-0.3, -0.25) is 0 Å². The minimum Gasteiger partial charge on any atom is -0.432 e. The third-order valence-corrected chi connectivity index (χ3v) is 3.04. The second kappa shape index (κ2) is 6.05. The predicted molar refractivity (Wildman–Crippen MR) is 69.1 cm³/mol. The lowest BCUT2D eigenvalue weighted by Gasteiger charge is -2.19. The fraction of sp³-hybridized carbons (Fsp3) is 0.769. The van der Waals surface area contributed by atoms with Gasteiger partial charge in [-0.15, -0.1) is 0 Å². The molecule has 4 nitrogen and oxygen atoms in total. The van der Waals surface area contributed by atoms with Crippen molar-refractivity contribution in [3.05, 3.63) is 12.0 Å². The van der Waals surface area contributed by atoms with E-state index < -0.39 is 0 Å². The van der Waals surface area contributed by atoms with Crippen LogP contribution in [0.1, 0.15) is 38.8 Å². The molecule has 1 aromatic heterocycles. The van der Waals surface area contributed by atoms with Crippen LogP contribution in [0.15, 0.2) is 10.7 Å². The molecule has 1 aromatic rings. The number of hydrogen-bond acceptors (Lipinski definition) is 4. The third-order valence-electron chi connectivity index (χ3n) is 3.04. The van der Waals surface area contributed by atoms with Gasteiger partial charge in [-0.05, 0) is 31.7 Å². The fourth-order valence-electron chi connectivity index (χ4n) is 1.92. The van der Waals surface area contributed by atoms with E-state index in [-0.39, 0.29) is 0 Å². The lowest BCUT2D eigenvalue weighted by atomic mass is 10.3. The van der Waals surface area contributed by atoms with Crippen LogP contribution in [0.3, 0.4) is 0 Å². The van der Waals surface area contributed by atoms with Gasteiger partial charge in [0.2, 0.25) is 0 Å². The summed E-state index contributed by atoms with van der Waals surface area (Å²) >= 11 is 0. The van der Waals surface area contributed by atoms with Crippen LogP contribution in [0.4, 0.5) is 6.01 Å². The summed E-state index contributed by atoms with van der Waals surface area (Å²) in [6.45, 7) is 8.19. The number of rotatable bonds is 8. The molecule has 1 heterocycles. The van der Waals surface area contributed by atoms with Gasteiger partial charge >= 0.3 is 0 Å². The number of oxazole rings is 1. The van der Waals surface area contributed by atoms with E-state index in [4.69, 9.17) is 4.42 Å². The first-order chi connectivity index (χ1) is 8.33. The summed E-state index contributed by atoms with van der Waals surface area (Å²) in [6, 6.07) is 0.798. The highest BCUT2D eigenvalue weighted by Gasteiger charge is 2.25. The van der Waals surface area contributed by atoms with Crippen molar-refractivity contribution in [3.63, 3.8) is 0 Å². The van der Waals surface area contributed by atoms with Crippen molar-refractivity contribution in [2.45, 2.75) is 39.7 Å². The van der Waals surface area contributed by atoms with Gasteiger partial charge in [0.15, 0.2) is 0 Å². The molecule has 2 rings (SSSR count). The molecule has 0 aliphatic heterocycles. The van der Waals surface area contributed by atoms with E-state index in [1.165, 1.54) is 12.8 Å². The third kappa shape index (κ3) is 3.73. The van der Waals surface area contributed by atoms with Gasteiger partial charge in [-0.1, -0.05) is 13.8 Å². The van der Waals surface area contributed by atoms with Gasteiger partial charge in [0, 0.05) is 19.6 Å². The zero-order valence-corrected chi connectivity index (χ0v) is 10.9. The van der Waals surface area contributed by atoms with Crippen LogP contribution in [0.2, 0.25) is 0 Å². The molecular weight excluding hydrogens is 214 g/mol. The summed E-state index contributed by atoms with van der Waals surface area (Å²) < 4.78 is 5.58. The van der Waals surface area contributed by atoms with E-state index >= 15 is 0 Å². The van der Waals surface area contributed by atoms with E-state index in [0.29, 0.717) is 0 Å². The van der Waals surface area contributed by atoms with Crippen LogP contribution in [-0.2, 0) is 6.54 Å². The highest BCUT2D eigenvalue weighted by molar-refractivity contribution is 5.27. The molecule has 0 spiro atoms. The maximum Gasteiger partial charge on any atom is 0.297 e. The first-order valence-corrected chi connectivity index (χ1v) is 6.73. The molecule has 96 valence electrons. The smallest absolute Gasteiger partial charge is 0.297 e. The molecule has 1 aliphatic rings. The van der Waals surface area contributed by atoms with Gasteiger partial charge in [0.25, 0.3) is 6.01 Å². The van der Waals surface area contributed by atoms with Crippen LogP contribution in [-0.4, -0.2) is 24.6 Å². The Morgan fingerprint density at radius 3 is 2.94 bits per heavy atom. The normalized spacial score (nSPS) is 15.2. The molecule has 1 aliphatic carbocycles. The fourth-order valence-corrected chi connectivity index (χ4v) is 1.92. The van der Waals surface area contributed by atoms with Crippen LogP contribution >= 0.6 is 0 Å². The molecule has 0 atom stereocenters. The Morgan fingerprint density at radius 1 is 1.47 bits per heavy atom. The Morgan fingerprint density at radius 2 is 2.29 bits per heavy atom. The predicted octanol–water partition coefficient (Wildman–Crippen LogP) is 2.41. The van der Waals surface area contributed by atoms with Crippen molar-refractivity contribution in [1.29, 1.82) is 0 Å². The monoisotopic (exact) mass is 237 g/mol. The van der Waals surface area contributed by atoms with E-state index in [0.717, 1.165) is 50.2 Å². The number of anilines is 1. The Balaban J connectivity index is 1.93. The zero-order chi connectivity index (χ0) is 12.1. The Labute approximate surface area is 103 Å². The molecule has 0 saturated heterocycles. The van der Waals surface area contributed by atoms with Crippen LogP contribution in [0, 0.1) is 5.92 Å². The molecule has 0 amide bonds. The SMILES string of the molecule is CCCN(CC1CC1)c1nc(CNCC)co1. The number of hydrogen-bond donors (Lipinski definition) is 1. The van der Waals surface area contributed by atoms with E-state index in [1.807, 2.05) is 0 Å². The molecule has 17 heavy (non-hydrogen) atoms. The van der Waals surface area contributed by atoms with Crippen molar-refractivity contribution >= 4 is 6.01 Å². The summed E-state index contributed by atoms with van der Waals surface area (Å²) in [4.78, 5) is 6.83. The van der Waals surface area contributed by atoms with Crippen LogP contribution in [0.25, 0.3) is 0 Å². The standard InChI is InChI=1S/C13H23N3O/c1-3-7-16(9-11-5-6-11)13-15-12(10-17-13)8-14-4-2/h10-11,14H,3-9H2,1-2H3. The van der Waals surface area contributed by atoms with Crippen molar-refractivity contribution in [1.82, 2.24) is 10.3 Å². The lowest BCUT2D eigenvalue weighted by Crippen LogP contribution is -2.26. The molecule has 1 N–H and O–H groups in total. The van der Waals surface area contributed by atoms with Crippen molar-refractivity contribution in [3.8, 4) is 0 Å². The Hall–Kier alpha value is -1.03. The molecule has 4 heteroatoms. The quantitative estimate of drug-likeness (QED) is 0.754. The Bertz CT molecular complexity index is 333.